The van der Waals surface area contributed by atoms with Crippen molar-refractivity contribution in [3.63, 3.8) is 0 Å². The van der Waals surface area contributed by atoms with Crippen molar-refractivity contribution in [2.24, 2.45) is 41.4 Å². The molecule has 1 saturated carbocycles. The van der Waals surface area contributed by atoms with Crippen LogP contribution in [0.15, 0.2) is 36.0 Å². The Morgan fingerprint density at radius 2 is 1.68 bits per heavy atom. The molecule has 1 amide bonds. The summed E-state index contributed by atoms with van der Waals surface area (Å²) in [6.07, 6.45) is 5.28. The molecule has 5 N–H and O–H groups in total. The Morgan fingerprint density at radius 1 is 0.982 bits per heavy atom. The zero-order valence-corrected chi connectivity index (χ0v) is 34.9. The fourth-order valence-electron chi connectivity index (χ4n) is 9.65. The number of amides is 1. The number of esters is 1. The summed E-state index contributed by atoms with van der Waals surface area (Å²) in [6.45, 7) is 12.5. The molecule has 2 bridgehead atoms. The quantitative estimate of drug-likeness (QED) is 0.142. The van der Waals surface area contributed by atoms with E-state index < -0.39 is 83.7 Å². The largest absolute Gasteiger partial charge is 0.456 e. The summed E-state index contributed by atoms with van der Waals surface area (Å²) in [5, 5.41) is 54.3. The predicted octanol–water partition coefficient (Wildman–Crippen LogP) is 3.83. The third-order valence-electron chi connectivity index (χ3n) is 13.1. The van der Waals surface area contributed by atoms with Crippen molar-refractivity contribution in [1.82, 2.24) is 4.90 Å². The molecule has 0 radical (unpaired) electrons. The summed E-state index contributed by atoms with van der Waals surface area (Å²) < 4.78 is 18.3. The zero-order valence-electron chi connectivity index (χ0n) is 34.9. The van der Waals surface area contributed by atoms with Crippen molar-refractivity contribution in [3.05, 3.63) is 36.0 Å². The summed E-state index contributed by atoms with van der Waals surface area (Å²) in [5.74, 6) is -8.89. The van der Waals surface area contributed by atoms with Crippen LogP contribution in [0.25, 0.3) is 0 Å². The lowest BCUT2D eigenvalue weighted by atomic mass is 9.78. The molecular weight excluding hydrogens is 734 g/mol. The van der Waals surface area contributed by atoms with Crippen LogP contribution in [-0.4, -0.2) is 123 Å². The Morgan fingerprint density at radius 3 is 2.33 bits per heavy atom. The van der Waals surface area contributed by atoms with E-state index >= 15 is 0 Å². The number of carbonyl (C=O) groups is 4. The first-order valence-corrected chi connectivity index (χ1v) is 21.0. The van der Waals surface area contributed by atoms with Crippen LogP contribution in [-0.2, 0) is 33.4 Å². The van der Waals surface area contributed by atoms with Crippen LogP contribution in [0.3, 0.4) is 0 Å². The molecule has 3 aliphatic heterocycles. The fraction of sp³-hybridized carbons (Fsp3) is 0.773. The van der Waals surface area contributed by atoms with Crippen LogP contribution in [0.5, 0.6) is 0 Å². The summed E-state index contributed by atoms with van der Waals surface area (Å²) in [4.78, 5) is 57.7. The van der Waals surface area contributed by atoms with Gasteiger partial charge in [0.1, 0.15) is 17.9 Å². The van der Waals surface area contributed by atoms with E-state index in [1.54, 1.807) is 26.8 Å². The lowest BCUT2D eigenvalue weighted by Crippen LogP contribution is -2.63. The lowest BCUT2D eigenvalue weighted by molar-refractivity contribution is -0.294. The van der Waals surface area contributed by atoms with Gasteiger partial charge in [-0.3, -0.25) is 14.4 Å². The molecule has 13 heteroatoms. The van der Waals surface area contributed by atoms with Gasteiger partial charge in [0.05, 0.1) is 24.4 Å². The van der Waals surface area contributed by atoms with Gasteiger partial charge in [-0.15, -0.1) is 6.58 Å². The van der Waals surface area contributed by atoms with E-state index in [4.69, 9.17) is 14.2 Å². The lowest BCUT2D eigenvalue weighted by Gasteiger charge is -2.47. The van der Waals surface area contributed by atoms with Gasteiger partial charge >= 0.3 is 5.97 Å². The minimum Gasteiger partial charge on any atom is -0.456 e. The van der Waals surface area contributed by atoms with Crippen LogP contribution in [0.2, 0.25) is 0 Å². The Labute approximate surface area is 338 Å². The molecule has 2 unspecified atom stereocenters. The van der Waals surface area contributed by atoms with E-state index in [-0.39, 0.29) is 62.6 Å². The SMILES string of the molecule is C=CCC1/C=C(\C)C[C@H](C)C[C@H](OC)C2O[C@@](O)(C(=O)C(=O)N3CCCC[C@H]3C(=O)O[C@H](/C(C)=C/[C@@H]3CC[C@@H](O)[C@H](CO)C3)[C@H](C)[C@@H](O)CC1=O)[C@H](C)C[C@@H]2CO. The Balaban J connectivity index is 1.78. The molecule has 57 heavy (non-hydrogen) atoms. The number of rotatable bonds is 7. The van der Waals surface area contributed by atoms with E-state index in [2.05, 4.69) is 6.58 Å². The molecule has 13 nitrogen and oxygen atoms in total. The molecule has 0 aromatic carbocycles. The molecule has 4 rings (SSSR count). The molecule has 0 aromatic heterocycles. The molecule has 3 heterocycles. The topological polar surface area (TPSA) is 200 Å². The summed E-state index contributed by atoms with van der Waals surface area (Å²) in [6, 6.07) is -1.17. The van der Waals surface area contributed by atoms with Gasteiger partial charge in [0.25, 0.3) is 11.7 Å². The Hall–Kier alpha value is -2.78. The molecule has 322 valence electrons. The monoisotopic (exact) mass is 803 g/mol. The molecule has 2 saturated heterocycles. The van der Waals surface area contributed by atoms with Crippen molar-refractivity contribution in [1.29, 1.82) is 0 Å². The minimum atomic E-state index is -2.55. The number of cyclic esters (lactones) is 1. The number of nitrogens with zero attached hydrogens (tertiary/aromatic N) is 1. The molecule has 3 fully saturated rings. The highest BCUT2D eigenvalue weighted by Gasteiger charge is 2.56. The van der Waals surface area contributed by atoms with Gasteiger partial charge in [0.2, 0.25) is 5.79 Å². The van der Waals surface area contributed by atoms with Gasteiger partial charge < -0.3 is 44.6 Å². The first-order chi connectivity index (χ1) is 27.0. The average molecular weight is 804 g/mol. The standard InChI is InChI=1S/C44H69NO12/c1-8-11-31-17-25(2)16-26(3)18-38(55-7)40-33(24-47)20-28(5)44(54,57-40)41(51)42(52)45-15-10-9-12-34(45)43(53)56-39(29(6)36(49)22-37(31)50)27(4)19-30-13-14-35(48)32(21-30)23-46/h8,17,19,26,28-36,38-40,46-49,54H,1,9-16,18,20-24H2,2-7H3/b25-17+,27-19+/t26-,28+,29+,30-,31?,32-,33+,34-,35+,36-,38-,39+,40?,44+/m0/s1. The van der Waals surface area contributed by atoms with Crippen LogP contribution in [0.4, 0.5) is 0 Å². The normalized spacial score (nSPS) is 41.0. The van der Waals surface area contributed by atoms with Gasteiger partial charge in [0.15, 0.2) is 0 Å². The van der Waals surface area contributed by atoms with E-state index in [0.29, 0.717) is 56.9 Å². The average Bonchev–Trinajstić information content (AvgIpc) is 3.18. The van der Waals surface area contributed by atoms with Crippen LogP contribution >= 0.6 is 0 Å². The number of aliphatic hydroxyl groups excluding tert-OH is 4. The first-order valence-electron chi connectivity index (χ1n) is 21.0. The second-order valence-corrected chi connectivity index (χ2v) is 17.6. The summed E-state index contributed by atoms with van der Waals surface area (Å²) >= 11 is 0. The van der Waals surface area contributed by atoms with Crippen LogP contribution < -0.4 is 0 Å². The highest BCUT2D eigenvalue weighted by molar-refractivity contribution is 6.39. The number of allylic oxidation sites excluding steroid dienone is 4. The number of Topliss-reactive ketones (excluding diaryl/α,β-unsaturated/α-hetero) is 2. The van der Waals surface area contributed by atoms with E-state index in [9.17, 15) is 44.7 Å². The number of carbonyl (C=O) groups excluding carboxylic acids is 4. The van der Waals surface area contributed by atoms with Crippen molar-refractivity contribution in [3.8, 4) is 0 Å². The smallest absolute Gasteiger partial charge is 0.329 e. The zero-order chi connectivity index (χ0) is 42.2. The van der Waals surface area contributed by atoms with Crippen LogP contribution in [0.1, 0.15) is 105 Å². The van der Waals surface area contributed by atoms with Gasteiger partial charge in [-0.1, -0.05) is 44.6 Å². The molecule has 14 atom stereocenters. The first kappa shape index (κ1) is 46.9. The number of ether oxygens (including phenoxy) is 3. The Kier molecular flexibility index (Phi) is 17.2. The summed E-state index contributed by atoms with van der Waals surface area (Å²) in [7, 11) is 1.49. The number of hydrogen-bond donors (Lipinski definition) is 5. The molecular formula is C44H69NO12. The number of hydrogen-bond acceptors (Lipinski definition) is 12. The van der Waals surface area contributed by atoms with Gasteiger partial charge in [-0.05, 0) is 95.5 Å². The highest BCUT2D eigenvalue weighted by Crippen LogP contribution is 2.41. The third kappa shape index (κ3) is 11.3. The van der Waals surface area contributed by atoms with Crippen molar-refractivity contribution in [2.45, 2.75) is 148 Å². The number of methoxy groups -OCH3 is 1. The molecule has 4 aliphatic rings. The maximum Gasteiger partial charge on any atom is 0.329 e. The van der Waals surface area contributed by atoms with Crippen molar-refractivity contribution in [2.75, 3.05) is 26.9 Å². The minimum absolute atomic E-state index is 0.0222. The second-order valence-electron chi connectivity index (χ2n) is 17.6. The number of ketones is 2. The maximum absolute atomic E-state index is 14.3. The molecule has 1 aliphatic carbocycles. The van der Waals surface area contributed by atoms with Gasteiger partial charge in [-0.2, -0.15) is 0 Å². The van der Waals surface area contributed by atoms with E-state index in [0.717, 1.165) is 10.5 Å². The molecule has 0 spiro atoms. The fourth-order valence-corrected chi connectivity index (χ4v) is 9.65. The number of aliphatic hydroxyl groups is 5. The van der Waals surface area contributed by atoms with E-state index in [1.165, 1.54) is 7.11 Å². The van der Waals surface area contributed by atoms with Crippen molar-refractivity contribution >= 4 is 23.4 Å². The number of piperidine rings is 1. The second kappa shape index (κ2) is 21.0. The highest BCUT2D eigenvalue weighted by atomic mass is 16.7. The van der Waals surface area contributed by atoms with Crippen molar-refractivity contribution < 1.29 is 58.9 Å². The van der Waals surface area contributed by atoms with Gasteiger partial charge in [-0.25, -0.2) is 4.79 Å². The van der Waals surface area contributed by atoms with E-state index in [1.807, 2.05) is 26.0 Å². The van der Waals surface area contributed by atoms with Gasteiger partial charge in [0, 0.05) is 62.9 Å². The molecule has 0 aromatic rings. The Bertz CT molecular complexity index is 1480. The predicted molar refractivity (Wildman–Crippen MR) is 212 cm³/mol. The third-order valence-corrected chi connectivity index (χ3v) is 13.1. The number of fused-ring (bicyclic) bond motifs is 3. The summed E-state index contributed by atoms with van der Waals surface area (Å²) in [5.41, 5.74) is 1.55. The maximum atomic E-state index is 14.3. The van der Waals surface area contributed by atoms with Crippen LogP contribution in [0, 0.1) is 41.4 Å².